The normalized spacial score (nSPS) is 11.9. The van der Waals surface area contributed by atoms with Crippen LogP contribution in [0, 0.1) is 14.4 Å². The van der Waals surface area contributed by atoms with Crippen LogP contribution in [0.5, 0.6) is 0 Å². The molecule has 2 aromatic carbocycles. The largest absolute Gasteiger partial charge is 0.289 e. The van der Waals surface area contributed by atoms with E-state index in [-0.39, 0.29) is 11.6 Å². The zero-order chi connectivity index (χ0) is 14.0. The van der Waals surface area contributed by atoms with Gasteiger partial charge in [-0.05, 0) is 28.7 Å². The third-order valence-corrected chi connectivity index (χ3v) is 3.80. The summed E-state index contributed by atoms with van der Waals surface area (Å²) in [5.74, 6) is -0.117. The molecule has 19 heavy (non-hydrogen) atoms. The molecule has 3 rings (SSSR count). The number of halogens is 1. The van der Waals surface area contributed by atoms with Gasteiger partial charge in [-0.15, -0.1) is 0 Å². The van der Waals surface area contributed by atoms with Gasteiger partial charge in [0.05, 0.1) is 0 Å². The average molecular weight is 362 g/mol. The fourth-order valence-corrected chi connectivity index (χ4v) is 2.85. The third-order valence-electron chi connectivity index (χ3n) is 2.90. The van der Waals surface area contributed by atoms with Gasteiger partial charge in [-0.1, -0.05) is 36.4 Å². The van der Waals surface area contributed by atoms with E-state index in [2.05, 4.69) is 22.6 Å². The molecule has 0 aromatic heterocycles. The van der Waals surface area contributed by atoms with Crippen LogP contribution in [-0.2, 0) is 0 Å². The number of carbonyl (C=O) groups excluding carboxylic acids is 2. The first-order valence-corrected chi connectivity index (χ1v) is 6.45. The van der Waals surface area contributed by atoms with Gasteiger partial charge in [-0.3, -0.25) is 9.59 Å². The Labute approximate surface area is 123 Å². The van der Waals surface area contributed by atoms with Crippen molar-refractivity contribution < 1.29 is 9.59 Å². The van der Waals surface area contributed by atoms with Gasteiger partial charge in [-0.2, -0.15) is 0 Å². The second kappa shape index (κ2) is 5.28. The van der Waals surface area contributed by atoms with Crippen LogP contribution in [0.25, 0.3) is 0 Å². The summed E-state index contributed by atoms with van der Waals surface area (Å²) in [5, 5.41) is 12.0. The van der Waals surface area contributed by atoms with Crippen molar-refractivity contribution in [3.8, 4) is 0 Å². The second-order valence-corrected chi connectivity index (χ2v) is 5.03. The first kappa shape index (κ1) is 13.4. The molecule has 0 amide bonds. The number of hydrogen-bond acceptors (Lipinski definition) is 4. The topological polar surface area (TPSA) is 81.7 Å². The lowest BCUT2D eigenvalue weighted by atomic mass is 9.84. The number of hydrogen-bond donors (Lipinski definition) is 0. The molecule has 2 aromatic rings. The van der Waals surface area contributed by atoms with E-state index < -0.39 is 0 Å². The van der Waals surface area contributed by atoms with Crippen molar-refractivity contribution in [2.24, 2.45) is 0 Å². The second-order valence-electron chi connectivity index (χ2n) is 3.87. The zero-order valence-electron chi connectivity index (χ0n) is 9.63. The summed E-state index contributed by atoms with van der Waals surface area (Å²) < 4.78 is 0.827. The van der Waals surface area contributed by atoms with Crippen molar-refractivity contribution >= 4 is 34.2 Å². The van der Waals surface area contributed by atoms with Crippen molar-refractivity contribution in [3.05, 3.63) is 68.3 Å². The maximum Gasteiger partial charge on any atom is 0.195 e. The molecule has 92 valence electrons. The number of benzene rings is 2. The Morgan fingerprint density at radius 1 is 0.737 bits per heavy atom. The SMILES string of the molecule is N#N.O=C1c2ccccc2C(=O)c2c(I)cccc21. The Balaban J connectivity index is 0.000000637. The van der Waals surface area contributed by atoms with E-state index >= 15 is 0 Å². The summed E-state index contributed by atoms with van der Waals surface area (Å²) in [6, 6.07) is 12.3. The fraction of sp³-hybridized carbons (Fsp3) is 0. The summed E-state index contributed by atoms with van der Waals surface area (Å²) in [4.78, 5) is 24.6. The summed E-state index contributed by atoms with van der Waals surface area (Å²) in [5.41, 5.74) is 2.07. The highest BCUT2D eigenvalue weighted by Crippen LogP contribution is 2.29. The molecule has 5 heteroatoms. The lowest BCUT2D eigenvalue weighted by molar-refractivity contribution is 0.0978. The average Bonchev–Trinajstić information content (AvgIpc) is 2.47. The molecular weight excluding hydrogens is 355 g/mol. The van der Waals surface area contributed by atoms with E-state index in [0.29, 0.717) is 22.3 Å². The van der Waals surface area contributed by atoms with Crippen LogP contribution >= 0.6 is 22.6 Å². The summed E-state index contributed by atoms with van der Waals surface area (Å²) in [6.45, 7) is 0. The molecule has 0 spiro atoms. The molecule has 0 heterocycles. The van der Waals surface area contributed by atoms with Crippen molar-refractivity contribution in [2.45, 2.75) is 0 Å². The summed E-state index contributed by atoms with van der Waals surface area (Å²) >= 11 is 2.09. The molecule has 0 saturated heterocycles. The Morgan fingerprint density at radius 3 is 1.89 bits per heavy atom. The molecule has 0 unspecified atom stereocenters. The lowest BCUT2D eigenvalue weighted by Crippen LogP contribution is -2.21. The Kier molecular flexibility index (Phi) is 3.71. The van der Waals surface area contributed by atoms with Gasteiger partial charge in [0.2, 0.25) is 0 Å². The molecule has 0 aliphatic heterocycles. The van der Waals surface area contributed by atoms with Crippen molar-refractivity contribution in [2.75, 3.05) is 0 Å². The van der Waals surface area contributed by atoms with Gasteiger partial charge in [0, 0.05) is 36.6 Å². The highest BCUT2D eigenvalue weighted by molar-refractivity contribution is 14.1. The van der Waals surface area contributed by atoms with Crippen LogP contribution in [0.15, 0.2) is 42.5 Å². The minimum atomic E-state index is -0.0614. The molecule has 0 bridgehead atoms. The quantitative estimate of drug-likeness (QED) is 0.455. The van der Waals surface area contributed by atoms with Gasteiger partial charge in [-0.25, -0.2) is 0 Å². The van der Waals surface area contributed by atoms with E-state index in [9.17, 15) is 9.59 Å². The van der Waals surface area contributed by atoms with Crippen LogP contribution in [-0.4, -0.2) is 11.6 Å². The minimum Gasteiger partial charge on any atom is -0.289 e. The third kappa shape index (κ3) is 2.04. The first-order chi connectivity index (χ1) is 9.20. The molecule has 1 aliphatic rings. The zero-order valence-corrected chi connectivity index (χ0v) is 11.8. The predicted molar refractivity (Wildman–Crippen MR) is 75.9 cm³/mol. The van der Waals surface area contributed by atoms with Crippen molar-refractivity contribution in [1.29, 1.82) is 10.8 Å². The van der Waals surface area contributed by atoms with Gasteiger partial charge in [0.15, 0.2) is 11.6 Å². The van der Waals surface area contributed by atoms with Gasteiger partial charge < -0.3 is 0 Å². The maximum absolute atomic E-state index is 12.3. The molecule has 4 nitrogen and oxygen atoms in total. The Bertz CT molecular complexity index is 708. The Morgan fingerprint density at radius 2 is 1.26 bits per heavy atom. The number of nitrogens with zero attached hydrogens (tertiary/aromatic N) is 2. The number of rotatable bonds is 0. The van der Waals surface area contributed by atoms with E-state index in [1.54, 1.807) is 36.4 Å². The van der Waals surface area contributed by atoms with E-state index in [0.717, 1.165) is 3.57 Å². The minimum absolute atomic E-state index is 0.0554. The highest BCUT2D eigenvalue weighted by atomic mass is 127. The van der Waals surface area contributed by atoms with E-state index in [1.807, 2.05) is 6.07 Å². The van der Waals surface area contributed by atoms with Crippen LogP contribution in [0.2, 0.25) is 0 Å². The van der Waals surface area contributed by atoms with Gasteiger partial charge >= 0.3 is 0 Å². The van der Waals surface area contributed by atoms with Crippen LogP contribution in [0.3, 0.4) is 0 Å². The van der Waals surface area contributed by atoms with Crippen molar-refractivity contribution in [3.63, 3.8) is 0 Å². The number of ketones is 2. The highest BCUT2D eigenvalue weighted by Gasteiger charge is 2.30. The van der Waals surface area contributed by atoms with Gasteiger partial charge in [0.25, 0.3) is 0 Å². The monoisotopic (exact) mass is 362 g/mol. The molecule has 0 fully saturated rings. The van der Waals surface area contributed by atoms with Crippen molar-refractivity contribution in [1.82, 2.24) is 0 Å². The standard InChI is InChI=1S/C14H7IO2.N2/c15-11-7-3-6-10-12(11)14(17)9-5-2-1-4-8(9)13(10)16;1-2/h1-7H;. The summed E-state index contributed by atoms with van der Waals surface area (Å²) in [7, 11) is 0. The molecule has 0 atom stereocenters. The van der Waals surface area contributed by atoms with E-state index in [4.69, 9.17) is 10.8 Å². The molecular formula is C14H7IN2O2. The summed E-state index contributed by atoms with van der Waals surface area (Å²) in [6.07, 6.45) is 0. The van der Waals surface area contributed by atoms with Crippen LogP contribution in [0.4, 0.5) is 0 Å². The molecule has 1 aliphatic carbocycles. The molecule has 0 N–H and O–H groups in total. The van der Waals surface area contributed by atoms with Crippen LogP contribution < -0.4 is 0 Å². The van der Waals surface area contributed by atoms with E-state index in [1.165, 1.54) is 0 Å². The number of carbonyl (C=O) groups is 2. The number of fused-ring (bicyclic) bond motifs is 2. The molecule has 0 saturated carbocycles. The Hall–Kier alpha value is -2.07. The fourth-order valence-electron chi connectivity index (χ4n) is 2.10. The van der Waals surface area contributed by atoms with Gasteiger partial charge in [0.1, 0.15) is 0 Å². The van der Waals surface area contributed by atoms with Crippen LogP contribution in [0.1, 0.15) is 31.8 Å². The smallest absolute Gasteiger partial charge is 0.195 e. The first-order valence-electron chi connectivity index (χ1n) is 5.37. The predicted octanol–water partition coefficient (Wildman–Crippen LogP) is 3.10. The maximum atomic E-state index is 12.3. The molecule has 0 radical (unpaired) electrons. The lowest BCUT2D eigenvalue weighted by Gasteiger charge is -2.17.